The Bertz CT molecular complexity index is 1170. The third-order valence-electron chi connectivity index (χ3n) is 6.30. The molecule has 0 bridgehead atoms. The van der Waals surface area contributed by atoms with Gasteiger partial charge in [-0.15, -0.1) is 11.8 Å². The minimum absolute atomic E-state index is 0.126. The Hall–Kier alpha value is -3.40. The molecule has 5 rings (SSSR count). The van der Waals surface area contributed by atoms with E-state index < -0.39 is 29.0 Å². The maximum atomic E-state index is 14.5. The predicted molar refractivity (Wildman–Crippen MR) is 125 cm³/mol. The molecule has 0 N–H and O–H groups in total. The summed E-state index contributed by atoms with van der Waals surface area (Å²) in [6, 6.07) is 10.8. The number of rotatable bonds is 4. The van der Waals surface area contributed by atoms with Gasteiger partial charge in [-0.3, -0.25) is 9.59 Å². The van der Waals surface area contributed by atoms with Gasteiger partial charge in [0, 0.05) is 26.2 Å². The number of piperazine rings is 1. The Morgan fingerprint density at radius 2 is 1.53 bits per heavy atom. The second-order valence-corrected chi connectivity index (χ2v) is 9.28. The first kappa shape index (κ1) is 22.4. The summed E-state index contributed by atoms with van der Waals surface area (Å²) in [7, 11) is 0. The van der Waals surface area contributed by atoms with Gasteiger partial charge in [-0.05, 0) is 29.7 Å². The Labute approximate surface area is 199 Å². The van der Waals surface area contributed by atoms with Crippen LogP contribution in [0.5, 0.6) is 0 Å². The summed E-state index contributed by atoms with van der Waals surface area (Å²) in [6.45, 7) is 1.45. The van der Waals surface area contributed by atoms with Crippen molar-refractivity contribution in [3.8, 4) is 0 Å². The molecule has 2 aromatic rings. The van der Waals surface area contributed by atoms with Crippen LogP contribution in [0, 0.1) is 11.6 Å². The SMILES string of the molecule is O=C(CN1C(=O)N(c2ccccc2F)C(=O)C2SC=CC21)N1CCN(c2ccccc2F)CC1. The van der Waals surface area contributed by atoms with Crippen LogP contribution in [-0.2, 0) is 9.59 Å². The van der Waals surface area contributed by atoms with Crippen LogP contribution in [0.3, 0.4) is 0 Å². The van der Waals surface area contributed by atoms with E-state index in [1.807, 2.05) is 4.90 Å². The molecule has 0 aliphatic carbocycles. The molecule has 2 fully saturated rings. The van der Waals surface area contributed by atoms with E-state index in [1.165, 1.54) is 40.9 Å². The Balaban J connectivity index is 1.31. The van der Waals surface area contributed by atoms with Crippen LogP contribution in [0.4, 0.5) is 25.0 Å². The maximum Gasteiger partial charge on any atom is 0.332 e. The van der Waals surface area contributed by atoms with E-state index in [4.69, 9.17) is 0 Å². The van der Waals surface area contributed by atoms with E-state index in [1.54, 1.807) is 40.6 Å². The van der Waals surface area contributed by atoms with E-state index in [9.17, 15) is 23.2 Å². The van der Waals surface area contributed by atoms with Crippen molar-refractivity contribution in [2.45, 2.75) is 11.3 Å². The number of halogens is 2. The number of hydrogen-bond acceptors (Lipinski definition) is 5. The number of thioether (sulfide) groups is 1. The first-order valence-electron chi connectivity index (χ1n) is 10.9. The molecule has 0 spiro atoms. The van der Waals surface area contributed by atoms with E-state index in [2.05, 4.69) is 0 Å². The largest absolute Gasteiger partial charge is 0.366 e. The monoisotopic (exact) mass is 484 g/mol. The van der Waals surface area contributed by atoms with Gasteiger partial charge in [0.15, 0.2) is 0 Å². The minimum Gasteiger partial charge on any atom is -0.366 e. The Morgan fingerprint density at radius 3 is 2.18 bits per heavy atom. The highest BCUT2D eigenvalue weighted by atomic mass is 32.2. The number of para-hydroxylation sites is 2. The van der Waals surface area contributed by atoms with Crippen LogP contribution in [0.2, 0.25) is 0 Å². The molecule has 0 aromatic heterocycles. The van der Waals surface area contributed by atoms with Crippen LogP contribution in [0.15, 0.2) is 60.0 Å². The molecule has 34 heavy (non-hydrogen) atoms. The van der Waals surface area contributed by atoms with Gasteiger partial charge in [0.05, 0.1) is 17.4 Å². The summed E-state index contributed by atoms with van der Waals surface area (Å²) in [6.07, 6.45) is 1.73. The summed E-state index contributed by atoms with van der Waals surface area (Å²) in [5.74, 6) is -1.77. The average Bonchev–Trinajstić information content (AvgIpc) is 3.34. The van der Waals surface area contributed by atoms with Crippen LogP contribution in [-0.4, -0.2) is 71.7 Å². The lowest BCUT2D eigenvalue weighted by Gasteiger charge is -2.42. The van der Waals surface area contributed by atoms with Crippen molar-refractivity contribution >= 4 is 41.0 Å². The Kier molecular flexibility index (Phi) is 5.99. The highest BCUT2D eigenvalue weighted by molar-refractivity contribution is 8.03. The standard InChI is InChI=1S/C24H22F2N4O3S/c25-16-5-1-3-7-18(16)27-10-12-28(13-11-27)21(31)15-29-20-9-14-34-22(20)23(32)30(24(29)33)19-8-4-2-6-17(19)26/h1-9,14,20,22H,10-13,15H2. The fourth-order valence-electron chi connectivity index (χ4n) is 4.52. The number of anilines is 2. The molecule has 4 amide bonds. The van der Waals surface area contributed by atoms with Gasteiger partial charge < -0.3 is 14.7 Å². The first-order chi connectivity index (χ1) is 16.5. The van der Waals surface area contributed by atoms with Crippen molar-refractivity contribution in [1.29, 1.82) is 0 Å². The van der Waals surface area contributed by atoms with Crippen molar-refractivity contribution in [2.75, 3.05) is 42.5 Å². The zero-order chi connectivity index (χ0) is 23.8. The number of nitrogens with zero attached hydrogens (tertiary/aromatic N) is 4. The Morgan fingerprint density at radius 1 is 0.912 bits per heavy atom. The topological polar surface area (TPSA) is 64.2 Å². The van der Waals surface area contributed by atoms with E-state index in [0.717, 1.165) is 4.90 Å². The molecule has 0 radical (unpaired) electrons. The quantitative estimate of drug-likeness (QED) is 0.668. The van der Waals surface area contributed by atoms with Crippen molar-refractivity contribution in [3.63, 3.8) is 0 Å². The number of carbonyl (C=O) groups excluding carboxylic acids is 3. The zero-order valence-electron chi connectivity index (χ0n) is 18.1. The van der Waals surface area contributed by atoms with Crippen LogP contribution in [0.1, 0.15) is 0 Å². The number of carbonyl (C=O) groups is 3. The number of benzene rings is 2. The second kappa shape index (κ2) is 9.09. The molecule has 10 heteroatoms. The smallest absolute Gasteiger partial charge is 0.332 e. The van der Waals surface area contributed by atoms with Gasteiger partial charge in [-0.25, -0.2) is 18.5 Å². The molecule has 2 unspecified atom stereocenters. The van der Waals surface area contributed by atoms with Gasteiger partial charge in [-0.1, -0.05) is 30.3 Å². The number of imide groups is 1. The lowest BCUT2D eigenvalue weighted by Crippen LogP contribution is -2.64. The van der Waals surface area contributed by atoms with Gasteiger partial charge >= 0.3 is 6.03 Å². The summed E-state index contributed by atoms with van der Waals surface area (Å²) in [5.41, 5.74) is 0.371. The van der Waals surface area contributed by atoms with Crippen molar-refractivity contribution < 1.29 is 23.2 Å². The van der Waals surface area contributed by atoms with Crippen LogP contribution >= 0.6 is 11.8 Å². The first-order valence-corrected chi connectivity index (χ1v) is 11.9. The summed E-state index contributed by atoms with van der Waals surface area (Å²) >= 11 is 1.25. The average molecular weight is 485 g/mol. The van der Waals surface area contributed by atoms with Crippen LogP contribution < -0.4 is 9.80 Å². The predicted octanol–water partition coefficient (Wildman–Crippen LogP) is 3.08. The third kappa shape index (κ3) is 3.91. The summed E-state index contributed by atoms with van der Waals surface area (Å²) in [4.78, 5) is 45.2. The van der Waals surface area contributed by atoms with Crippen molar-refractivity contribution in [2.24, 2.45) is 0 Å². The van der Waals surface area contributed by atoms with Crippen molar-refractivity contribution in [1.82, 2.24) is 9.80 Å². The molecule has 2 saturated heterocycles. The molecule has 0 saturated carbocycles. The highest BCUT2D eigenvalue weighted by Crippen LogP contribution is 2.37. The maximum absolute atomic E-state index is 14.5. The van der Waals surface area contributed by atoms with Crippen molar-refractivity contribution in [3.05, 3.63) is 71.6 Å². The van der Waals surface area contributed by atoms with E-state index in [-0.39, 0.29) is 24.0 Å². The highest BCUT2D eigenvalue weighted by Gasteiger charge is 2.49. The van der Waals surface area contributed by atoms with Gasteiger partial charge in [0.1, 0.15) is 23.4 Å². The minimum atomic E-state index is -0.721. The van der Waals surface area contributed by atoms with E-state index >= 15 is 0 Å². The third-order valence-corrected chi connectivity index (χ3v) is 7.38. The molecule has 7 nitrogen and oxygen atoms in total. The second-order valence-electron chi connectivity index (χ2n) is 8.23. The lowest BCUT2D eigenvalue weighted by atomic mass is 10.1. The number of urea groups is 1. The lowest BCUT2D eigenvalue weighted by molar-refractivity contribution is -0.133. The van der Waals surface area contributed by atoms with Gasteiger partial charge in [0.2, 0.25) is 5.91 Å². The van der Waals surface area contributed by atoms with E-state index in [0.29, 0.717) is 31.9 Å². The number of fused-ring (bicyclic) bond motifs is 1. The molecule has 176 valence electrons. The van der Waals surface area contributed by atoms with Crippen LogP contribution in [0.25, 0.3) is 0 Å². The molecular weight excluding hydrogens is 462 g/mol. The van der Waals surface area contributed by atoms with Gasteiger partial charge in [0.25, 0.3) is 5.91 Å². The molecular formula is C24H22F2N4O3S. The molecule has 3 heterocycles. The molecule has 2 atom stereocenters. The normalized spacial score (nSPS) is 22.4. The fourth-order valence-corrected chi connectivity index (χ4v) is 5.56. The fraction of sp³-hybridized carbons (Fsp3) is 0.292. The zero-order valence-corrected chi connectivity index (χ0v) is 19.0. The van der Waals surface area contributed by atoms with Gasteiger partial charge in [-0.2, -0.15) is 0 Å². The molecule has 2 aromatic carbocycles. The summed E-state index contributed by atoms with van der Waals surface area (Å²) < 4.78 is 28.6. The number of amides is 4. The summed E-state index contributed by atoms with van der Waals surface area (Å²) in [5, 5.41) is 1.10. The molecule has 3 aliphatic rings. The number of hydrogen-bond donors (Lipinski definition) is 0. The molecule has 3 aliphatic heterocycles.